The van der Waals surface area contributed by atoms with Crippen LogP contribution in [0.15, 0.2) is 70.6 Å². The second-order valence-electron chi connectivity index (χ2n) is 7.26. The molecule has 1 heterocycles. The van der Waals surface area contributed by atoms with Crippen molar-refractivity contribution in [3.63, 3.8) is 0 Å². The van der Waals surface area contributed by atoms with Gasteiger partial charge in [0.1, 0.15) is 11.6 Å². The van der Waals surface area contributed by atoms with E-state index >= 15 is 0 Å². The standard InChI is InChI=1S/C24H16ClF2N3O3S/c1-13(31)28-17-6-2-14(3-7-17)22(32)12-34-24-29-20-8-4-15(25)10-18(20)23(33)30(24)21-9-5-16(26)11-19(21)27/h2-11H,12H2,1H3,(H,28,31). The van der Waals surface area contributed by atoms with E-state index in [-0.39, 0.29) is 33.7 Å². The zero-order valence-corrected chi connectivity index (χ0v) is 19.2. The van der Waals surface area contributed by atoms with Crippen molar-refractivity contribution in [1.82, 2.24) is 9.55 Å². The fraction of sp³-hybridized carbons (Fsp3) is 0.0833. The maximum Gasteiger partial charge on any atom is 0.266 e. The summed E-state index contributed by atoms with van der Waals surface area (Å²) in [7, 11) is 0. The Hall–Kier alpha value is -3.56. The molecule has 10 heteroatoms. The average molecular weight is 500 g/mol. The van der Waals surface area contributed by atoms with E-state index in [0.29, 0.717) is 27.9 Å². The van der Waals surface area contributed by atoms with Gasteiger partial charge in [0.05, 0.1) is 22.3 Å². The maximum atomic E-state index is 14.6. The first-order chi connectivity index (χ1) is 16.2. The number of halogens is 3. The number of nitrogens with one attached hydrogen (secondary N) is 1. The van der Waals surface area contributed by atoms with Crippen LogP contribution in [0.4, 0.5) is 14.5 Å². The molecule has 0 fully saturated rings. The molecule has 0 aliphatic carbocycles. The predicted octanol–water partition coefficient (Wildman–Crippen LogP) is 5.25. The summed E-state index contributed by atoms with van der Waals surface area (Å²) in [6.07, 6.45) is 0. The fourth-order valence-electron chi connectivity index (χ4n) is 3.27. The molecule has 4 aromatic rings. The second-order valence-corrected chi connectivity index (χ2v) is 8.64. The topological polar surface area (TPSA) is 81.1 Å². The lowest BCUT2D eigenvalue weighted by Gasteiger charge is -2.14. The number of nitrogens with zero attached hydrogens (tertiary/aromatic N) is 2. The van der Waals surface area contributed by atoms with Crippen molar-refractivity contribution in [2.45, 2.75) is 12.1 Å². The van der Waals surface area contributed by atoms with Gasteiger partial charge in [0, 0.05) is 29.3 Å². The minimum atomic E-state index is -0.952. The van der Waals surface area contributed by atoms with Crippen LogP contribution < -0.4 is 10.9 Å². The van der Waals surface area contributed by atoms with Crippen LogP contribution >= 0.6 is 23.4 Å². The van der Waals surface area contributed by atoms with Crippen molar-refractivity contribution in [3.8, 4) is 5.69 Å². The number of hydrogen-bond acceptors (Lipinski definition) is 5. The van der Waals surface area contributed by atoms with E-state index in [0.717, 1.165) is 28.5 Å². The van der Waals surface area contributed by atoms with Crippen molar-refractivity contribution in [1.29, 1.82) is 0 Å². The third-order valence-electron chi connectivity index (χ3n) is 4.81. The summed E-state index contributed by atoms with van der Waals surface area (Å²) in [5.74, 6) is -2.35. The first-order valence-electron chi connectivity index (χ1n) is 9.94. The number of Topliss-reactive ketones (excluding diaryl/α,β-unsaturated/α-hetero) is 1. The first kappa shape index (κ1) is 23.6. The summed E-state index contributed by atoms with van der Waals surface area (Å²) in [6, 6.07) is 13.7. The van der Waals surface area contributed by atoms with Crippen LogP contribution in [0.1, 0.15) is 17.3 Å². The number of hydrogen-bond donors (Lipinski definition) is 1. The van der Waals surface area contributed by atoms with Crippen molar-refractivity contribution in [2.24, 2.45) is 0 Å². The zero-order chi connectivity index (χ0) is 24.4. The quantitative estimate of drug-likeness (QED) is 0.222. The summed E-state index contributed by atoms with van der Waals surface area (Å²) < 4.78 is 29.1. The molecule has 0 saturated carbocycles. The first-order valence-corrected chi connectivity index (χ1v) is 11.3. The Morgan fingerprint density at radius 3 is 2.47 bits per heavy atom. The largest absolute Gasteiger partial charge is 0.326 e. The second kappa shape index (κ2) is 9.74. The van der Waals surface area contributed by atoms with Gasteiger partial charge in [-0.05, 0) is 54.6 Å². The molecule has 34 heavy (non-hydrogen) atoms. The molecule has 0 spiro atoms. The van der Waals surface area contributed by atoms with Gasteiger partial charge in [-0.1, -0.05) is 23.4 Å². The predicted molar refractivity (Wildman–Crippen MR) is 128 cm³/mol. The number of thioether (sulfide) groups is 1. The van der Waals surface area contributed by atoms with Crippen LogP contribution in [0, 0.1) is 11.6 Å². The molecular formula is C24H16ClF2N3O3S. The lowest BCUT2D eigenvalue weighted by Crippen LogP contribution is -2.23. The minimum absolute atomic E-state index is 0.0635. The molecule has 1 N–H and O–H groups in total. The molecule has 0 aliphatic heterocycles. The van der Waals surface area contributed by atoms with Gasteiger partial charge in [-0.3, -0.25) is 19.0 Å². The van der Waals surface area contributed by atoms with Gasteiger partial charge >= 0.3 is 0 Å². The Bertz CT molecular complexity index is 1490. The molecule has 0 aliphatic rings. The molecule has 0 radical (unpaired) electrons. The van der Waals surface area contributed by atoms with Gasteiger partial charge in [-0.25, -0.2) is 13.8 Å². The molecule has 0 bridgehead atoms. The summed E-state index contributed by atoms with van der Waals surface area (Å²) in [4.78, 5) is 41.6. The number of fused-ring (bicyclic) bond motifs is 1. The minimum Gasteiger partial charge on any atom is -0.326 e. The number of benzene rings is 3. The fourth-order valence-corrected chi connectivity index (χ4v) is 4.34. The number of ketones is 1. The normalized spacial score (nSPS) is 10.9. The van der Waals surface area contributed by atoms with Crippen molar-refractivity contribution in [3.05, 3.63) is 93.2 Å². The van der Waals surface area contributed by atoms with Crippen LogP contribution in [0.5, 0.6) is 0 Å². The van der Waals surface area contributed by atoms with Crippen LogP contribution in [-0.2, 0) is 4.79 Å². The van der Waals surface area contributed by atoms with Gasteiger partial charge < -0.3 is 5.32 Å². The maximum absolute atomic E-state index is 14.6. The van der Waals surface area contributed by atoms with Crippen LogP contribution in [0.2, 0.25) is 5.02 Å². The van der Waals surface area contributed by atoms with E-state index < -0.39 is 17.2 Å². The van der Waals surface area contributed by atoms with E-state index in [9.17, 15) is 23.2 Å². The number of anilines is 1. The summed E-state index contributed by atoms with van der Waals surface area (Å²) >= 11 is 6.96. The third-order valence-corrected chi connectivity index (χ3v) is 5.98. The highest BCUT2D eigenvalue weighted by atomic mass is 35.5. The number of aromatic nitrogens is 2. The lowest BCUT2D eigenvalue weighted by atomic mass is 10.1. The molecule has 0 atom stereocenters. The van der Waals surface area contributed by atoms with Gasteiger partial charge in [0.15, 0.2) is 10.9 Å². The molecule has 0 unspecified atom stereocenters. The van der Waals surface area contributed by atoms with Crippen LogP contribution in [0.3, 0.4) is 0 Å². The lowest BCUT2D eigenvalue weighted by molar-refractivity contribution is -0.114. The van der Waals surface area contributed by atoms with Gasteiger partial charge in [0.2, 0.25) is 5.91 Å². The highest BCUT2D eigenvalue weighted by Crippen LogP contribution is 2.25. The molecule has 1 amide bonds. The van der Waals surface area contributed by atoms with E-state index in [1.54, 1.807) is 36.4 Å². The smallest absolute Gasteiger partial charge is 0.266 e. The van der Waals surface area contributed by atoms with Gasteiger partial charge in [-0.2, -0.15) is 0 Å². The van der Waals surface area contributed by atoms with E-state index in [2.05, 4.69) is 10.3 Å². The summed E-state index contributed by atoms with van der Waals surface area (Å²) in [6.45, 7) is 1.38. The molecule has 0 saturated heterocycles. The third kappa shape index (κ3) is 5.00. The van der Waals surface area contributed by atoms with E-state index in [4.69, 9.17) is 11.6 Å². The Kier molecular flexibility index (Phi) is 6.76. The molecule has 6 nitrogen and oxygen atoms in total. The Morgan fingerprint density at radius 2 is 1.79 bits per heavy atom. The molecule has 172 valence electrons. The van der Waals surface area contributed by atoms with Crippen molar-refractivity contribution in [2.75, 3.05) is 11.1 Å². The summed E-state index contributed by atoms with van der Waals surface area (Å²) in [5.41, 5.74) is 0.453. The molecule has 4 rings (SSSR count). The monoisotopic (exact) mass is 499 g/mol. The number of rotatable bonds is 6. The number of carbonyl (C=O) groups excluding carboxylic acids is 2. The van der Waals surface area contributed by atoms with Gasteiger partial charge in [0.25, 0.3) is 5.56 Å². The van der Waals surface area contributed by atoms with E-state index in [1.807, 2.05) is 0 Å². The Morgan fingerprint density at radius 1 is 1.06 bits per heavy atom. The molecular weight excluding hydrogens is 484 g/mol. The average Bonchev–Trinajstić information content (AvgIpc) is 2.79. The highest BCUT2D eigenvalue weighted by Gasteiger charge is 2.18. The SMILES string of the molecule is CC(=O)Nc1ccc(C(=O)CSc2nc3ccc(Cl)cc3c(=O)n2-c2ccc(F)cc2F)cc1. The Balaban J connectivity index is 1.71. The highest BCUT2D eigenvalue weighted by molar-refractivity contribution is 7.99. The van der Waals surface area contributed by atoms with Crippen LogP contribution in [-0.4, -0.2) is 27.0 Å². The van der Waals surface area contributed by atoms with Gasteiger partial charge in [-0.15, -0.1) is 0 Å². The number of carbonyl (C=O) groups is 2. The zero-order valence-electron chi connectivity index (χ0n) is 17.6. The Labute approximate surface area is 201 Å². The molecule has 1 aromatic heterocycles. The van der Waals surface area contributed by atoms with Crippen LogP contribution in [0.25, 0.3) is 16.6 Å². The van der Waals surface area contributed by atoms with E-state index in [1.165, 1.54) is 13.0 Å². The number of amides is 1. The van der Waals surface area contributed by atoms with Crippen molar-refractivity contribution < 1.29 is 18.4 Å². The molecule has 3 aromatic carbocycles. The summed E-state index contributed by atoms with van der Waals surface area (Å²) in [5, 5.41) is 3.13. The van der Waals surface area contributed by atoms with Crippen molar-refractivity contribution >= 4 is 51.6 Å².